The zero-order valence-electron chi connectivity index (χ0n) is 8.24. The van der Waals surface area contributed by atoms with Crippen LogP contribution in [-0.4, -0.2) is 14.7 Å². The van der Waals surface area contributed by atoms with E-state index in [1.54, 1.807) is 0 Å². The Hall–Kier alpha value is 0.490. The summed E-state index contributed by atoms with van der Waals surface area (Å²) in [6.07, 6.45) is 2.64. The Kier molecular flexibility index (Phi) is 11.6. The molecule has 2 unspecified atom stereocenters. The summed E-state index contributed by atoms with van der Waals surface area (Å²) in [5.74, 6) is 0. The third kappa shape index (κ3) is 17.1. The zero-order valence-corrected chi connectivity index (χ0v) is 11.1. The lowest BCUT2D eigenvalue weighted by Crippen LogP contribution is -1.81. The van der Waals surface area contributed by atoms with Gasteiger partial charge in [-0.1, -0.05) is 26.7 Å². The van der Waals surface area contributed by atoms with Crippen LogP contribution >= 0.6 is 24.3 Å². The average Bonchev–Trinajstić information content (AvgIpc) is 1.99. The first-order valence-electron chi connectivity index (χ1n) is 3.93. The van der Waals surface area contributed by atoms with Gasteiger partial charge >= 0.3 is 24.3 Å². The molecule has 0 fully saturated rings. The summed E-state index contributed by atoms with van der Waals surface area (Å²) in [5.41, 5.74) is 0. The van der Waals surface area contributed by atoms with Crippen molar-refractivity contribution in [1.82, 2.24) is 0 Å². The maximum atomic E-state index is 10.3. The first-order chi connectivity index (χ1) is 6.75. The molecule has 0 rings (SSSR count). The Labute approximate surface area is 88.8 Å². The van der Waals surface area contributed by atoms with Crippen LogP contribution in [0.15, 0.2) is 0 Å². The van der Waals surface area contributed by atoms with Crippen LogP contribution in [0.5, 0.6) is 0 Å². The van der Waals surface area contributed by atoms with Gasteiger partial charge in [0.05, 0.1) is 0 Å². The summed E-state index contributed by atoms with van der Waals surface area (Å²) in [7, 11) is -12.2. The Balaban J connectivity index is 0. The Morgan fingerprint density at radius 1 is 1.07 bits per heavy atom. The summed E-state index contributed by atoms with van der Waals surface area (Å²) in [5, 5.41) is 0. The molecule has 11 heteroatoms. The predicted octanol–water partition coefficient (Wildman–Crippen LogP) is 1.69. The summed E-state index contributed by atoms with van der Waals surface area (Å²) in [6, 6.07) is 0. The van der Waals surface area contributed by atoms with Crippen LogP contribution in [-0.2, 0) is 22.3 Å². The van der Waals surface area contributed by atoms with Crippen LogP contribution in [0, 0.1) is 0 Å². The molecule has 0 aromatic rings. The highest BCUT2D eigenvalue weighted by Gasteiger charge is 2.25. The van der Waals surface area contributed by atoms with E-state index in [9.17, 15) is 13.7 Å². The molecule has 0 amide bonds. The van der Waals surface area contributed by atoms with E-state index in [2.05, 4.69) is 22.5 Å². The van der Waals surface area contributed by atoms with Crippen LogP contribution < -0.4 is 0 Å². The maximum absolute atomic E-state index is 10.3. The van der Waals surface area contributed by atoms with Crippen molar-refractivity contribution in [3.63, 3.8) is 0 Å². The van der Waals surface area contributed by atoms with E-state index in [-0.39, 0.29) is 0 Å². The third-order valence-corrected chi connectivity index (χ3v) is 3.98. The second-order valence-corrected chi connectivity index (χ2v) is 5.64. The molecule has 15 heavy (non-hydrogen) atoms. The summed E-state index contributed by atoms with van der Waals surface area (Å²) in [6.45, 7) is 4.36. The molecule has 0 saturated heterocycles. The molecule has 8 nitrogen and oxygen atoms in total. The van der Waals surface area contributed by atoms with Crippen LogP contribution in [0.25, 0.3) is 0 Å². The molecule has 0 radical (unpaired) electrons. The Morgan fingerprint density at radius 2 is 1.33 bits per heavy atom. The van der Waals surface area contributed by atoms with Gasteiger partial charge in [-0.3, -0.25) is 9.13 Å². The minimum atomic E-state index is -4.84. The monoisotopic (exact) mass is 284 g/mol. The largest absolute Gasteiger partial charge is 0.486 e. The molecule has 0 aromatic heterocycles. The minimum absolute atomic E-state index is 1.32. The van der Waals surface area contributed by atoms with Crippen molar-refractivity contribution in [1.29, 1.82) is 0 Å². The van der Waals surface area contributed by atoms with Crippen molar-refractivity contribution in [2.24, 2.45) is 0 Å². The predicted molar refractivity (Wildman–Crippen MR) is 55.0 cm³/mol. The van der Waals surface area contributed by atoms with Gasteiger partial charge in [-0.15, -0.1) is 0 Å². The molecule has 2 atom stereocenters. The van der Waals surface area contributed by atoms with Crippen LogP contribution in [0.4, 0.5) is 0 Å². The number of hydrogen-bond donors (Lipinski definition) is 3. The van der Waals surface area contributed by atoms with Gasteiger partial charge in [0.25, 0.3) is 0 Å². The molecule has 0 heterocycles. The van der Waals surface area contributed by atoms with E-state index >= 15 is 0 Å². The Morgan fingerprint density at radius 3 is 1.47 bits per heavy atom. The minimum Gasteiger partial charge on any atom is -0.326 e. The number of rotatable bonds is 5. The van der Waals surface area contributed by atoms with Gasteiger partial charge in [0, 0.05) is 0 Å². The van der Waals surface area contributed by atoms with Gasteiger partial charge in [-0.2, -0.15) is 0 Å². The van der Waals surface area contributed by atoms with Crippen molar-refractivity contribution in [3.05, 3.63) is 0 Å². The van der Waals surface area contributed by atoms with E-state index in [0.29, 0.717) is 0 Å². The molecule has 0 aromatic carbocycles. The third-order valence-electron chi connectivity index (χ3n) is 0.887. The number of unbranched alkanes of at least 4 members (excludes halogenated alkanes) is 1. The molecule has 0 saturated carbocycles. The summed E-state index contributed by atoms with van der Waals surface area (Å²) >= 11 is 0. The molecule has 0 spiro atoms. The fourth-order valence-electron chi connectivity index (χ4n) is 0.216. The standard InChI is InChI=1S/C4H10.H5O8P3/c1-3-4-2;1-9(2)7-11(5,6)8-10(3)4/h3-4H2,1-2H3;9-10H,(H,1,2)(H,3,4)(H,5,6). The smallest absolute Gasteiger partial charge is 0.326 e. The second-order valence-electron chi connectivity index (χ2n) is 2.18. The maximum Gasteiger partial charge on any atom is 0.486 e. The van der Waals surface area contributed by atoms with E-state index in [0.717, 1.165) is 0 Å². The molecular weight excluding hydrogens is 269 g/mol. The van der Waals surface area contributed by atoms with E-state index in [4.69, 9.17) is 14.7 Å². The van der Waals surface area contributed by atoms with Crippen molar-refractivity contribution >= 4 is 24.3 Å². The van der Waals surface area contributed by atoms with Crippen LogP contribution in [0.1, 0.15) is 26.7 Å². The highest BCUT2D eigenvalue weighted by Crippen LogP contribution is 2.55. The van der Waals surface area contributed by atoms with Gasteiger partial charge in [-0.05, 0) is 0 Å². The molecule has 0 aliphatic heterocycles. The van der Waals surface area contributed by atoms with E-state index in [1.165, 1.54) is 12.8 Å². The number of hydrogen-bond acceptors (Lipinski definition) is 5. The topological polar surface area (TPSA) is 130 Å². The normalized spacial score (nSPS) is 18.2. The molecule has 0 aliphatic carbocycles. The lowest BCUT2D eigenvalue weighted by atomic mass is 10.4. The molecule has 0 aliphatic rings. The van der Waals surface area contributed by atoms with E-state index < -0.39 is 24.3 Å². The molecule has 0 bridgehead atoms. The Bertz CT molecular complexity index is 230. The summed E-state index contributed by atoms with van der Waals surface area (Å²) < 4.78 is 36.6. The lowest BCUT2D eigenvalue weighted by Gasteiger charge is -2.05. The van der Waals surface area contributed by atoms with Crippen LogP contribution in [0.2, 0.25) is 0 Å². The first-order valence-corrected chi connectivity index (χ1v) is 7.95. The van der Waals surface area contributed by atoms with Crippen molar-refractivity contribution in [2.45, 2.75) is 26.7 Å². The lowest BCUT2D eigenvalue weighted by molar-refractivity contribution is 0.271. The van der Waals surface area contributed by atoms with Crippen molar-refractivity contribution in [2.75, 3.05) is 0 Å². The van der Waals surface area contributed by atoms with Crippen molar-refractivity contribution < 1.29 is 37.0 Å². The molecule has 94 valence electrons. The first kappa shape index (κ1) is 17.9. The number of phosphoric acid groups is 1. The van der Waals surface area contributed by atoms with Gasteiger partial charge < -0.3 is 14.7 Å². The van der Waals surface area contributed by atoms with Crippen molar-refractivity contribution in [3.8, 4) is 0 Å². The fraction of sp³-hybridized carbons (Fsp3) is 1.00. The van der Waals surface area contributed by atoms with Gasteiger partial charge in [-0.25, -0.2) is 13.2 Å². The SMILES string of the molecule is CCCC.O=[PH](O)OP(=O)(O)O[PH](=O)O. The van der Waals surface area contributed by atoms with Crippen LogP contribution in [0.3, 0.4) is 0 Å². The molecule has 3 N–H and O–H groups in total. The quantitative estimate of drug-likeness (QED) is 0.650. The average molecular weight is 284 g/mol. The molecular formula is C4H15O8P3. The van der Waals surface area contributed by atoms with E-state index in [1.807, 2.05) is 0 Å². The van der Waals surface area contributed by atoms with Gasteiger partial charge in [0.15, 0.2) is 0 Å². The zero-order chi connectivity index (χ0) is 12.5. The summed E-state index contributed by atoms with van der Waals surface area (Å²) in [4.78, 5) is 24.2. The second kappa shape index (κ2) is 9.70. The highest BCUT2D eigenvalue weighted by atomic mass is 31.3. The van der Waals surface area contributed by atoms with Gasteiger partial charge in [0.1, 0.15) is 0 Å². The fourth-order valence-corrected chi connectivity index (χ4v) is 2.28. The van der Waals surface area contributed by atoms with Gasteiger partial charge in [0.2, 0.25) is 0 Å². The highest BCUT2D eigenvalue weighted by molar-refractivity contribution is 7.60.